The molecule has 1 aromatic carbocycles. The van der Waals surface area contributed by atoms with Crippen LogP contribution in [-0.4, -0.2) is 59.4 Å². The molecule has 134 valence electrons. The van der Waals surface area contributed by atoms with Crippen molar-refractivity contribution in [3.05, 3.63) is 48.3 Å². The van der Waals surface area contributed by atoms with Gasteiger partial charge < -0.3 is 14.7 Å². The molecule has 0 radical (unpaired) electrons. The summed E-state index contributed by atoms with van der Waals surface area (Å²) in [5, 5.41) is 8.88. The Morgan fingerprint density at radius 3 is 2.80 bits per heavy atom. The Bertz CT molecular complexity index is 653. The van der Waals surface area contributed by atoms with Crippen LogP contribution in [0.4, 0.5) is 5.82 Å². The van der Waals surface area contributed by atoms with E-state index in [1.807, 2.05) is 0 Å². The van der Waals surface area contributed by atoms with Gasteiger partial charge in [0.05, 0.1) is 19.0 Å². The third kappa shape index (κ3) is 5.14. The SMILES string of the molecule is CC1CN(Cc2ccccc2)CCN(c2cncc(OCCO)n2)C1. The molecule has 0 aliphatic carbocycles. The van der Waals surface area contributed by atoms with E-state index < -0.39 is 0 Å². The van der Waals surface area contributed by atoms with Gasteiger partial charge in [-0.25, -0.2) is 0 Å². The van der Waals surface area contributed by atoms with Gasteiger partial charge in [-0.2, -0.15) is 4.98 Å². The molecule has 1 atom stereocenters. The topological polar surface area (TPSA) is 61.7 Å². The van der Waals surface area contributed by atoms with Crippen LogP contribution in [0.1, 0.15) is 12.5 Å². The Hall–Kier alpha value is -2.18. The summed E-state index contributed by atoms with van der Waals surface area (Å²) < 4.78 is 5.38. The first-order valence-corrected chi connectivity index (χ1v) is 8.81. The van der Waals surface area contributed by atoms with Gasteiger partial charge in [-0.3, -0.25) is 9.88 Å². The number of hydrogen-bond acceptors (Lipinski definition) is 6. The summed E-state index contributed by atoms with van der Waals surface area (Å²) in [4.78, 5) is 13.5. The van der Waals surface area contributed by atoms with Crippen molar-refractivity contribution in [3.63, 3.8) is 0 Å². The third-order valence-electron chi connectivity index (χ3n) is 4.30. The molecule has 0 spiro atoms. The molecule has 1 fully saturated rings. The number of hydrogen-bond donors (Lipinski definition) is 1. The van der Waals surface area contributed by atoms with E-state index in [2.05, 4.69) is 57.0 Å². The number of benzene rings is 1. The van der Waals surface area contributed by atoms with Crippen molar-refractivity contribution in [2.75, 3.05) is 44.3 Å². The standard InChI is InChI=1S/C19H26N4O2/c1-16-13-22(15-17-5-3-2-4-6-17)7-8-23(14-16)18-11-20-12-19(21-18)25-10-9-24/h2-6,11-12,16,24H,7-10,13-15H2,1H3. The minimum Gasteiger partial charge on any atom is -0.474 e. The lowest BCUT2D eigenvalue weighted by atomic mass is 10.1. The summed E-state index contributed by atoms with van der Waals surface area (Å²) in [7, 11) is 0. The van der Waals surface area contributed by atoms with Crippen LogP contribution >= 0.6 is 0 Å². The van der Waals surface area contributed by atoms with Crippen LogP contribution in [-0.2, 0) is 6.54 Å². The Morgan fingerprint density at radius 2 is 2.00 bits per heavy atom. The van der Waals surface area contributed by atoms with Gasteiger partial charge >= 0.3 is 0 Å². The lowest BCUT2D eigenvalue weighted by Crippen LogP contribution is -2.31. The summed E-state index contributed by atoms with van der Waals surface area (Å²) in [6.45, 7) is 7.38. The Balaban J connectivity index is 1.64. The van der Waals surface area contributed by atoms with Gasteiger partial charge in [-0.15, -0.1) is 0 Å². The average Bonchev–Trinajstić information content (AvgIpc) is 2.82. The fourth-order valence-corrected chi connectivity index (χ4v) is 3.22. The van der Waals surface area contributed by atoms with Crippen molar-refractivity contribution < 1.29 is 9.84 Å². The fourth-order valence-electron chi connectivity index (χ4n) is 3.22. The predicted molar refractivity (Wildman–Crippen MR) is 97.7 cm³/mol. The van der Waals surface area contributed by atoms with Crippen LogP contribution < -0.4 is 9.64 Å². The highest BCUT2D eigenvalue weighted by atomic mass is 16.5. The Morgan fingerprint density at radius 1 is 1.16 bits per heavy atom. The molecule has 6 nitrogen and oxygen atoms in total. The monoisotopic (exact) mass is 342 g/mol. The van der Waals surface area contributed by atoms with Crippen molar-refractivity contribution in [1.29, 1.82) is 0 Å². The second-order valence-electron chi connectivity index (χ2n) is 6.56. The molecule has 0 saturated carbocycles. The molecule has 1 aliphatic heterocycles. The minimum atomic E-state index is -0.0267. The molecule has 1 saturated heterocycles. The smallest absolute Gasteiger partial charge is 0.234 e. The maximum absolute atomic E-state index is 8.88. The lowest BCUT2D eigenvalue weighted by molar-refractivity contribution is 0.196. The van der Waals surface area contributed by atoms with Gasteiger partial charge in [-0.1, -0.05) is 37.3 Å². The maximum Gasteiger partial charge on any atom is 0.234 e. The second kappa shape index (κ2) is 8.78. The fraction of sp³-hybridized carbons (Fsp3) is 0.474. The highest BCUT2D eigenvalue weighted by Crippen LogP contribution is 2.19. The number of ether oxygens (including phenoxy) is 1. The molecule has 2 heterocycles. The molecule has 1 N–H and O–H groups in total. The normalized spacial score (nSPS) is 18.8. The van der Waals surface area contributed by atoms with E-state index in [9.17, 15) is 0 Å². The molecule has 6 heteroatoms. The van der Waals surface area contributed by atoms with Crippen LogP contribution in [0.25, 0.3) is 0 Å². The van der Waals surface area contributed by atoms with Crippen molar-refractivity contribution in [2.24, 2.45) is 5.92 Å². The molecular formula is C19H26N4O2. The molecule has 3 rings (SSSR count). The van der Waals surface area contributed by atoms with Crippen LogP contribution in [0, 0.1) is 5.92 Å². The van der Waals surface area contributed by atoms with E-state index >= 15 is 0 Å². The number of aliphatic hydroxyl groups excluding tert-OH is 1. The quantitative estimate of drug-likeness (QED) is 0.864. The third-order valence-corrected chi connectivity index (χ3v) is 4.30. The summed E-state index contributed by atoms with van der Waals surface area (Å²) in [6, 6.07) is 10.6. The number of rotatable bonds is 6. The van der Waals surface area contributed by atoms with Crippen molar-refractivity contribution >= 4 is 5.82 Å². The van der Waals surface area contributed by atoms with Crippen LogP contribution in [0.15, 0.2) is 42.7 Å². The molecule has 0 bridgehead atoms. The molecule has 1 aliphatic rings. The van der Waals surface area contributed by atoms with Crippen molar-refractivity contribution in [3.8, 4) is 5.88 Å². The summed E-state index contributed by atoms with van der Waals surface area (Å²) in [6.07, 6.45) is 3.37. The largest absolute Gasteiger partial charge is 0.474 e. The van der Waals surface area contributed by atoms with Crippen LogP contribution in [0.2, 0.25) is 0 Å². The summed E-state index contributed by atoms with van der Waals surface area (Å²) >= 11 is 0. The average molecular weight is 342 g/mol. The second-order valence-corrected chi connectivity index (χ2v) is 6.56. The molecule has 1 aromatic heterocycles. The van der Waals surface area contributed by atoms with Gasteiger partial charge in [-0.05, 0) is 11.5 Å². The zero-order valence-corrected chi connectivity index (χ0v) is 14.7. The summed E-state index contributed by atoms with van der Waals surface area (Å²) in [5.41, 5.74) is 1.35. The molecule has 25 heavy (non-hydrogen) atoms. The van der Waals surface area contributed by atoms with Gasteiger partial charge in [0.2, 0.25) is 5.88 Å². The first kappa shape index (κ1) is 17.6. The van der Waals surface area contributed by atoms with Gasteiger partial charge in [0, 0.05) is 32.7 Å². The molecule has 2 aromatic rings. The predicted octanol–water partition coefficient (Wildman–Crippen LogP) is 1.81. The van der Waals surface area contributed by atoms with E-state index in [-0.39, 0.29) is 13.2 Å². The molecule has 1 unspecified atom stereocenters. The Labute approximate surface area is 149 Å². The van der Waals surface area contributed by atoms with Crippen molar-refractivity contribution in [1.82, 2.24) is 14.9 Å². The van der Waals surface area contributed by atoms with E-state index in [0.29, 0.717) is 11.8 Å². The van der Waals surface area contributed by atoms with Gasteiger partial charge in [0.1, 0.15) is 6.61 Å². The first-order valence-electron chi connectivity index (χ1n) is 8.81. The highest BCUT2D eigenvalue weighted by Gasteiger charge is 2.21. The van der Waals surface area contributed by atoms with E-state index in [1.165, 1.54) is 5.56 Å². The van der Waals surface area contributed by atoms with E-state index in [1.54, 1.807) is 12.4 Å². The molecule has 0 amide bonds. The van der Waals surface area contributed by atoms with E-state index in [4.69, 9.17) is 9.84 Å². The van der Waals surface area contributed by atoms with Crippen molar-refractivity contribution in [2.45, 2.75) is 13.5 Å². The zero-order valence-electron chi connectivity index (χ0n) is 14.7. The summed E-state index contributed by atoms with van der Waals surface area (Å²) in [5.74, 6) is 1.84. The first-order chi connectivity index (χ1) is 12.2. The number of anilines is 1. The van der Waals surface area contributed by atoms with Gasteiger partial charge in [0.25, 0.3) is 0 Å². The van der Waals surface area contributed by atoms with Crippen LogP contribution in [0.3, 0.4) is 0 Å². The number of nitrogens with zero attached hydrogens (tertiary/aromatic N) is 4. The zero-order chi connectivity index (χ0) is 17.5. The minimum absolute atomic E-state index is 0.0267. The number of aromatic nitrogens is 2. The van der Waals surface area contributed by atoms with Gasteiger partial charge in [0.15, 0.2) is 5.82 Å². The highest BCUT2D eigenvalue weighted by molar-refractivity contribution is 5.38. The number of aliphatic hydroxyl groups is 1. The molecular weight excluding hydrogens is 316 g/mol. The van der Waals surface area contributed by atoms with E-state index in [0.717, 1.165) is 38.5 Å². The Kier molecular flexibility index (Phi) is 6.19. The lowest BCUT2D eigenvalue weighted by Gasteiger charge is -2.23. The van der Waals surface area contributed by atoms with Crippen LogP contribution in [0.5, 0.6) is 5.88 Å². The maximum atomic E-state index is 8.88.